The van der Waals surface area contributed by atoms with E-state index in [1.54, 1.807) is 18.6 Å². The van der Waals surface area contributed by atoms with Gasteiger partial charge in [-0.05, 0) is 32.4 Å². The normalized spacial score (nSPS) is 18.6. The summed E-state index contributed by atoms with van der Waals surface area (Å²) >= 11 is 0. The number of oxazole rings is 1. The minimum Gasteiger partial charge on any atom is -0.439 e. The zero-order valence-corrected chi connectivity index (χ0v) is 16.5. The summed E-state index contributed by atoms with van der Waals surface area (Å²) in [6, 6.07) is 1.19. The standard InChI is InChI=1S/C19H24F3N5O2/c1-12-6-13(8-23-7-12)15-9-25-17(29-15)18(2,3)27-5-4-24-14(10-27)16(28)26-11-19(20,21)22/h6-9,14,24H,4-5,10-11H2,1-3H3,(H,26,28)/t14-/m0/s1. The van der Waals surface area contributed by atoms with Crippen LogP contribution in [0.2, 0.25) is 0 Å². The molecule has 2 aromatic rings. The summed E-state index contributed by atoms with van der Waals surface area (Å²) < 4.78 is 43.1. The molecule has 29 heavy (non-hydrogen) atoms. The highest BCUT2D eigenvalue weighted by molar-refractivity contribution is 5.82. The first-order valence-corrected chi connectivity index (χ1v) is 9.27. The van der Waals surface area contributed by atoms with Crippen molar-refractivity contribution in [3.8, 4) is 11.3 Å². The second-order valence-electron chi connectivity index (χ2n) is 7.63. The maximum absolute atomic E-state index is 12.4. The van der Waals surface area contributed by atoms with Crippen molar-refractivity contribution in [2.45, 2.75) is 38.5 Å². The molecule has 0 radical (unpaired) electrons. The molecule has 1 fully saturated rings. The minimum absolute atomic E-state index is 0.237. The molecule has 10 heteroatoms. The molecule has 2 N–H and O–H groups in total. The van der Waals surface area contributed by atoms with Gasteiger partial charge in [0, 0.05) is 37.6 Å². The molecular weight excluding hydrogens is 387 g/mol. The fourth-order valence-corrected chi connectivity index (χ4v) is 3.26. The van der Waals surface area contributed by atoms with Crippen LogP contribution in [0.1, 0.15) is 25.3 Å². The lowest BCUT2D eigenvalue weighted by atomic mass is 10.00. The summed E-state index contributed by atoms with van der Waals surface area (Å²) in [6.07, 6.45) is 0.622. The molecule has 1 atom stereocenters. The van der Waals surface area contributed by atoms with Crippen molar-refractivity contribution in [2.24, 2.45) is 0 Å². The van der Waals surface area contributed by atoms with Crippen molar-refractivity contribution in [3.63, 3.8) is 0 Å². The molecule has 3 heterocycles. The summed E-state index contributed by atoms with van der Waals surface area (Å²) in [4.78, 5) is 22.7. The first-order valence-electron chi connectivity index (χ1n) is 9.27. The molecular formula is C19H24F3N5O2. The van der Waals surface area contributed by atoms with Gasteiger partial charge in [0.05, 0.1) is 17.8 Å². The van der Waals surface area contributed by atoms with E-state index in [0.29, 0.717) is 24.7 Å². The Labute approximate surface area is 166 Å². The largest absolute Gasteiger partial charge is 0.439 e. The first-order chi connectivity index (χ1) is 13.6. The molecule has 1 saturated heterocycles. The number of carbonyl (C=O) groups excluding carboxylic acids is 1. The van der Waals surface area contributed by atoms with Crippen molar-refractivity contribution in [1.29, 1.82) is 0 Å². The van der Waals surface area contributed by atoms with Crippen LogP contribution in [-0.2, 0) is 10.3 Å². The van der Waals surface area contributed by atoms with Gasteiger partial charge in [0.1, 0.15) is 6.54 Å². The van der Waals surface area contributed by atoms with Gasteiger partial charge in [0.25, 0.3) is 0 Å². The number of aryl methyl sites for hydroxylation is 1. The van der Waals surface area contributed by atoms with Crippen LogP contribution in [0.5, 0.6) is 0 Å². The first kappa shape index (κ1) is 21.3. The molecule has 0 spiro atoms. The quantitative estimate of drug-likeness (QED) is 0.785. The number of nitrogens with zero attached hydrogens (tertiary/aromatic N) is 3. The number of aromatic nitrogens is 2. The Hall–Kier alpha value is -2.46. The third kappa shape index (κ3) is 5.13. The fourth-order valence-electron chi connectivity index (χ4n) is 3.26. The Morgan fingerprint density at radius 1 is 1.34 bits per heavy atom. The molecule has 2 aromatic heterocycles. The number of hydrogen-bond acceptors (Lipinski definition) is 6. The van der Waals surface area contributed by atoms with Crippen molar-refractivity contribution in [3.05, 3.63) is 36.1 Å². The number of rotatable bonds is 5. The summed E-state index contributed by atoms with van der Waals surface area (Å²) in [7, 11) is 0. The smallest absolute Gasteiger partial charge is 0.405 e. The van der Waals surface area contributed by atoms with E-state index in [4.69, 9.17) is 4.42 Å². The number of piperazine rings is 1. The lowest BCUT2D eigenvalue weighted by Gasteiger charge is -2.41. The SMILES string of the molecule is Cc1cncc(-c2cnc(C(C)(C)N3CCN[C@H](C(=O)NCC(F)(F)F)C3)o2)c1. The van der Waals surface area contributed by atoms with E-state index in [9.17, 15) is 18.0 Å². The van der Waals surface area contributed by atoms with Crippen LogP contribution in [0.4, 0.5) is 13.2 Å². The van der Waals surface area contributed by atoms with E-state index in [0.717, 1.165) is 11.1 Å². The predicted octanol–water partition coefficient (Wildman–Crippen LogP) is 2.23. The summed E-state index contributed by atoms with van der Waals surface area (Å²) in [5, 5.41) is 4.90. The average Bonchev–Trinajstić information content (AvgIpc) is 3.17. The van der Waals surface area contributed by atoms with Crippen LogP contribution in [0.15, 0.2) is 29.1 Å². The molecule has 0 saturated carbocycles. The van der Waals surface area contributed by atoms with E-state index in [1.165, 1.54) is 0 Å². The van der Waals surface area contributed by atoms with Gasteiger partial charge < -0.3 is 15.1 Å². The van der Waals surface area contributed by atoms with Crippen LogP contribution >= 0.6 is 0 Å². The van der Waals surface area contributed by atoms with Gasteiger partial charge in [0.15, 0.2) is 5.76 Å². The highest BCUT2D eigenvalue weighted by Gasteiger charge is 2.39. The number of pyridine rings is 1. The number of alkyl halides is 3. The highest BCUT2D eigenvalue weighted by atomic mass is 19.4. The van der Waals surface area contributed by atoms with Gasteiger partial charge in [-0.25, -0.2) is 4.98 Å². The second-order valence-corrected chi connectivity index (χ2v) is 7.63. The summed E-state index contributed by atoms with van der Waals surface area (Å²) in [5.41, 5.74) is 1.15. The predicted molar refractivity (Wildman–Crippen MR) is 99.9 cm³/mol. The van der Waals surface area contributed by atoms with Crippen LogP contribution in [0.25, 0.3) is 11.3 Å². The van der Waals surface area contributed by atoms with E-state index in [1.807, 2.05) is 37.1 Å². The van der Waals surface area contributed by atoms with Crippen LogP contribution < -0.4 is 10.6 Å². The number of amides is 1. The Balaban J connectivity index is 1.71. The third-order valence-corrected chi connectivity index (χ3v) is 4.93. The fraction of sp³-hybridized carbons (Fsp3) is 0.526. The highest BCUT2D eigenvalue weighted by Crippen LogP contribution is 2.31. The zero-order chi connectivity index (χ0) is 21.2. The zero-order valence-electron chi connectivity index (χ0n) is 16.5. The van der Waals surface area contributed by atoms with Crippen LogP contribution in [-0.4, -0.2) is 59.2 Å². The number of halogens is 3. The van der Waals surface area contributed by atoms with Crippen molar-refractivity contribution in [2.75, 3.05) is 26.2 Å². The van der Waals surface area contributed by atoms with Gasteiger partial charge in [-0.3, -0.25) is 14.7 Å². The molecule has 1 aliphatic heterocycles. The Morgan fingerprint density at radius 3 is 2.79 bits per heavy atom. The second kappa shape index (κ2) is 8.11. The van der Waals surface area contributed by atoms with E-state index < -0.39 is 30.2 Å². The molecule has 158 valence electrons. The minimum atomic E-state index is -4.44. The van der Waals surface area contributed by atoms with Crippen LogP contribution in [0.3, 0.4) is 0 Å². The number of carbonyl (C=O) groups is 1. The molecule has 0 bridgehead atoms. The molecule has 0 aliphatic carbocycles. The third-order valence-electron chi connectivity index (χ3n) is 4.93. The lowest BCUT2D eigenvalue weighted by Crippen LogP contribution is -2.61. The monoisotopic (exact) mass is 411 g/mol. The van der Waals surface area contributed by atoms with Gasteiger partial charge in [0.2, 0.25) is 11.8 Å². The Bertz CT molecular complexity index is 866. The van der Waals surface area contributed by atoms with Crippen molar-refractivity contribution >= 4 is 5.91 Å². The van der Waals surface area contributed by atoms with E-state index in [2.05, 4.69) is 15.3 Å². The topological polar surface area (TPSA) is 83.3 Å². The molecule has 0 aromatic carbocycles. The van der Waals surface area contributed by atoms with E-state index in [-0.39, 0.29) is 6.54 Å². The molecule has 0 unspecified atom stereocenters. The number of nitrogens with one attached hydrogen (secondary N) is 2. The molecule has 1 amide bonds. The van der Waals surface area contributed by atoms with Crippen molar-refractivity contribution < 1.29 is 22.4 Å². The average molecular weight is 411 g/mol. The van der Waals surface area contributed by atoms with Crippen molar-refractivity contribution in [1.82, 2.24) is 25.5 Å². The Kier molecular flexibility index (Phi) is 5.95. The van der Waals surface area contributed by atoms with Crippen LogP contribution in [0, 0.1) is 6.92 Å². The summed E-state index contributed by atoms with van der Waals surface area (Å²) in [5.74, 6) is 0.367. The lowest BCUT2D eigenvalue weighted by molar-refractivity contribution is -0.140. The Morgan fingerprint density at radius 2 is 2.10 bits per heavy atom. The van der Waals surface area contributed by atoms with E-state index >= 15 is 0 Å². The molecule has 7 nitrogen and oxygen atoms in total. The van der Waals surface area contributed by atoms with Gasteiger partial charge in [-0.15, -0.1) is 0 Å². The maximum Gasteiger partial charge on any atom is 0.405 e. The number of hydrogen-bond donors (Lipinski definition) is 2. The maximum atomic E-state index is 12.4. The van der Waals surface area contributed by atoms with Gasteiger partial charge in [-0.2, -0.15) is 13.2 Å². The summed E-state index contributed by atoms with van der Waals surface area (Å²) in [6.45, 7) is 5.70. The molecule has 1 aliphatic rings. The molecule has 3 rings (SSSR count). The van der Waals surface area contributed by atoms with Gasteiger partial charge >= 0.3 is 6.18 Å². The van der Waals surface area contributed by atoms with Gasteiger partial charge in [-0.1, -0.05) is 0 Å².